The number of pyridine rings is 1. The zero-order valence-corrected chi connectivity index (χ0v) is 21.5. The number of carboxylic acid groups (broad SMARTS) is 1. The van der Waals surface area contributed by atoms with Gasteiger partial charge in [0.25, 0.3) is 5.91 Å². The maximum Gasteiger partial charge on any atom is 0.329 e. The number of carboxylic acids is 1. The van der Waals surface area contributed by atoms with Crippen LogP contribution in [0.1, 0.15) is 86.6 Å². The molecular weight excluding hydrogens is 452 g/mol. The molecule has 0 spiro atoms. The number of hydrogen-bond donors (Lipinski definition) is 1. The van der Waals surface area contributed by atoms with Crippen LogP contribution in [-0.2, 0) is 10.2 Å². The number of amides is 1. The Hall–Kier alpha value is -3.61. The lowest BCUT2D eigenvalue weighted by Gasteiger charge is -2.39. The highest BCUT2D eigenvalue weighted by Gasteiger charge is 2.59. The quantitative estimate of drug-likeness (QED) is 0.500. The summed E-state index contributed by atoms with van der Waals surface area (Å²) in [5, 5.41) is 10.7. The average molecular weight is 487 g/mol. The standard InChI is InChI=1S/C29H34N4O3/c1-19(2)15-29(27(35)36)16-23(24-18-31-13-14-32-24)25(21-7-6-12-30-17-21)33(29)26(34)20-8-10-22(11-9-20)28(3,4)5/h6-14,17-19,23,25H,15-16H2,1-5H3,(H,35,36)/t23-,25+,29+/m1/s1. The number of hydrogen-bond acceptors (Lipinski definition) is 5. The Morgan fingerprint density at radius 1 is 1.06 bits per heavy atom. The third kappa shape index (κ3) is 4.74. The lowest BCUT2D eigenvalue weighted by Crippen LogP contribution is -2.54. The van der Waals surface area contributed by atoms with Gasteiger partial charge in [0.15, 0.2) is 0 Å². The third-order valence-electron chi connectivity index (χ3n) is 7.03. The molecule has 1 aromatic carbocycles. The first-order valence-electron chi connectivity index (χ1n) is 12.4. The predicted molar refractivity (Wildman–Crippen MR) is 138 cm³/mol. The van der Waals surface area contributed by atoms with Crippen molar-refractivity contribution in [3.63, 3.8) is 0 Å². The van der Waals surface area contributed by atoms with E-state index in [4.69, 9.17) is 0 Å². The van der Waals surface area contributed by atoms with E-state index in [0.717, 1.165) is 11.1 Å². The molecule has 3 aromatic rings. The fourth-order valence-electron chi connectivity index (χ4n) is 5.43. The molecule has 3 heterocycles. The van der Waals surface area contributed by atoms with Crippen LogP contribution in [0.5, 0.6) is 0 Å². The molecule has 3 atom stereocenters. The van der Waals surface area contributed by atoms with Crippen LogP contribution in [0.2, 0.25) is 0 Å². The van der Waals surface area contributed by atoms with E-state index in [0.29, 0.717) is 17.7 Å². The summed E-state index contributed by atoms with van der Waals surface area (Å²) in [6.07, 6.45) is 8.82. The molecule has 0 radical (unpaired) electrons. The van der Waals surface area contributed by atoms with Crippen molar-refractivity contribution in [1.29, 1.82) is 0 Å². The number of benzene rings is 1. The summed E-state index contributed by atoms with van der Waals surface area (Å²) in [5.74, 6) is -1.61. The molecule has 1 amide bonds. The van der Waals surface area contributed by atoms with Crippen LogP contribution in [-0.4, -0.2) is 42.4 Å². The van der Waals surface area contributed by atoms with E-state index in [1.54, 1.807) is 48.0 Å². The van der Waals surface area contributed by atoms with Crippen molar-refractivity contribution in [2.75, 3.05) is 0 Å². The number of rotatable bonds is 6. The Morgan fingerprint density at radius 2 is 1.75 bits per heavy atom. The second-order valence-corrected chi connectivity index (χ2v) is 11.1. The first-order chi connectivity index (χ1) is 17.0. The zero-order valence-electron chi connectivity index (χ0n) is 21.5. The molecule has 4 rings (SSSR count). The second-order valence-electron chi connectivity index (χ2n) is 11.1. The van der Waals surface area contributed by atoms with Crippen LogP contribution in [0.4, 0.5) is 0 Å². The number of nitrogens with zero attached hydrogens (tertiary/aromatic N) is 4. The molecule has 1 saturated heterocycles. The van der Waals surface area contributed by atoms with Gasteiger partial charge in [-0.3, -0.25) is 19.7 Å². The van der Waals surface area contributed by atoms with E-state index >= 15 is 0 Å². The molecule has 7 heteroatoms. The average Bonchev–Trinajstić information content (AvgIpc) is 3.20. The molecule has 0 unspecified atom stereocenters. The summed E-state index contributed by atoms with van der Waals surface area (Å²) in [7, 11) is 0. The van der Waals surface area contributed by atoms with Crippen LogP contribution in [0, 0.1) is 5.92 Å². The van der Waals surface area contributed by atoms with E-state index in [2.05, 4.69) is 35.7 Å². The van der Waals surface area contributed by atoms with Crippen molar-refractivity contribution >= 4 is 11.9 Å². The number of aromatic nitrogens is 3. The zero-order chi connectivity index (χ0) is 26.1. The van der Waals surface area contributed by atoms with Crippen LogP contribution in [0.25, 0.3) is 0 Å². The SMILES string of the molecule is CC(C)C[C@@]1(C(=O)O)C[C@H](c2cnccn2)[C@H](c2cccnc2)N1C(=O)c1ccc(C(C)(C)C)cc1. The number of carbonyl (C=O) groups is 2. The topological polar surface area (TPSA) is 96.3 Å². The number of aliphatic carboxylic acids is 1. The van der Waals surface area contributed by atoms with Crippen molar-refractivity contribution < 1.29 is 14.7 Å². The minimum atomic E-state index is -1.41. The summed E-state index contributed by atoms with van der Waals surface area (Å²) < 4.78 is 0. The smallest absolute Gasteiger partial charge is 0.329 e. The first kappa shape index (κ1) is 25.5. The molecule has 0 saturated carbocycles. The Bertz CT molecular complexity index is 1210. The highest BCUT2D eigenvalue weighted by molar-refractivity contribution is 5.99. The molecule has 1 aliphatic rings. The van der Waals surface area contributed by atoms with Gasteiger partial charge in [-0.25, -0.2) is 4.79 Å². The highest BCUT2D eigenvalue weighted by atomic mass is 16.4. The van der Waals surface area contributed by atoms with Crippen molar-refractivity contribution in [2.45, 2.75) is 70.4 Å². The van der Waals surface area contributed by atoms with E-state index < -0.39 is 17.6 Å². The maximum absolute atomic E-state index is 14.3. The molecule has 1 N–H and O–H groups in total. The molecule has 1 fully saturated rings. The molecule has 188 valence electrons. The van der Waals surface area contributed by atoms with E-state index in [1.807, 2.05) is 38.1 Å². The van der Waals surface area contributed by atoms with Gasteiger partial charge < -0.3 is 10.0 Å². The Morgan fingerprint density at radius 3 is 2.28 bits per heavy atom. The number of likely N-dealkylation sites (tertiary alicyclic amines) is 1. The summed E-state index contributed by atoms with van der Waals surface area (Å²) in [4.78, 5) is 42.0. The molecule has 2 aromatic heterocycles. The third-order valence-corrected chi connectivity index (χ3v) is 7.03. The van der Waals surface area contributed by atoms with Gasteiger partial charge in [0.05, 0.1) is 11.7 Å². The first-order valence-corrected chi connectivity index (χ1v) is 12.4. The van der Waals surface area contributed by atoms with Crippen molar-refractivity contribution in [2.24, 2.45) is 5.92 Å². The highest BCUT2D eigenvalue weighted by Crippen LogP contribution is 2.54. The van der Waals surface area contributed by atoms with Crippen LogP contribution >= 0.6 is 0 Å². The number of carbonyl (C=O) groups excluding carboxylic acids is 1. The van der Waals surface area contributed by atoms with Gasteiger partial charge in [-0.2, -0.15) is 0 Å². The largest absolute Gasteiger partial charge is 0.479 e. The lowest BCUT2D eigenvalue weighted by molar-refractivity contribution is -0.150. The molecule has 0 aliphatic carbocycles. The van der Waals surface area contributed by atoms with Gasteiger partial charge in [-0.1, -0.05) is 52.8 Å². The van der Waals surface area contributed by atoms with E-state index in [9.17, 15) is 14.7 Å². The van der Waals surface area contributed by atoms with Crippen LogP contribution in [0.3, 0.4) is 0 Å². The minimum absolute atomic E-state index is 0.0508. The van der Waals surface area contributed by atoms with Gasteiger partial charge in [0.2, 0.25) is 0 Å². The van der Waals surface area contributed by atoms with Crippen molar-refractivity contribution in [3.8, 4) is 0 Å². The van der Waals surface area contributed by atoms with Gasteiger partial charge >= 0.3 is 5.97 Å². The maximum atomic E-state index is 14.3. The van der Waals surface area contributed by atoms with Gasteiger partial charge in [0.1, 0.15) is 5.54 Å². The fraction of sp³-hybridized carbons (Fsp3) is 0.414. The molecular formula is C29H34N4O3. The summed E-state index contributed by atoms with van der Waals surface area (Å²) >= 11 is 0. The molecule has 7 nitrogen and oxygen atoms in total. The molecule has 36 heavy (non-hydrogen) atoms. The summed E-state index contributed by atoms with van der Waals surface area (Å²) in [5.41, 5.74) is 1.54. The normalized spacial score (nSPS) is 22.1. The van der Waals surface area contributed by atoms with Crippen molar-refractivity contribution in [1.82, 2.24) is 19.9 Å². The predicted octanol–water partition coefficient (Wildman–Crippen LogP) is 5.41. The minimum Gasteiger partial charge on any atom is -0.479 e. The van der Waals surface area contributed by atoms with Crippen LogP contribution < -0.4 is 0 Å². The monoisotopic (exact) mass is 486 g/mol. The second kappa shape index (κ2) is 9.80. The van der Waals surface area contributed by atoms with Crippen LogP contribution in [0.15, 0.2) is 67.4 Å². The van der Waals surface area contributed by atoms with Gasteiger partial charge in [0, 0.05) is 42.5 Å². The van der Waals surface area contributed by atoms with Gasteiger partial charge in [-0.15, -0.1) is 0 Å². The molecule has 1 aliphatic heterocycles. The van der Waals surface area contributed by atoms with Crippen molar-refractivity contribution in [3.05, 3.63) is 89.8 Å². The Balaban J connectivity index is 1.91. The van der Waals surface area contributed by atoms with E-state index in [1.165, 1.54) is 0 Å². The van der Waals surface area contributed by atoms with E-state index in [-0.39, 0.29) is 29.6 Å². The Labute approximate surface area is 212 Å². The Kier molecular flexibility index (Phi) is 6.94. The lowest BCUT2D eigenvalue weighted by atomic mass is 9.82. The summed E-state index contributed by atoms with van der Waals surface area (Å²) in [6.45, 7) is 10.3. The van der Waals surface area contributed by atoms with Gasteiger partial charge in [-0.05, 0) is 53.5 Å². The summed E-state index contributed by atoms with van der Waals surface area (Å²) in [6, 6.07) is 10.7. The molecule has 0 bridgehead atoms. The fourth-order valence-corrected chi connectivity index (χ4v) is 5.43.